The van der Waals surface area contributed by atoms with Crippen LogP contribution >= 0.6 is 0 Å². The summed E-state index contributed by atoms with van der Waals surface area (Å²) < 4.78 is 78.1. The van der Waals surface area contributed by atoms with Crippen molar-refractivity contribution in [1.82, 2.24) is 0 Å². The van der Waals surface area contributed by atoms with E-state index < -0.39 is 29.0 Å². The molecule has 22 heavy (non-hydrogen) atoms. The summed E-state index contributed by atoms with van der Waals surface area (Å²) in [6.45, 7) is 0. The molecule has 0 bridgehead atoms. The lowest BCUT2D eigenvalue weighted by Crippen LogP contribution is -2.14. The lowest BCUT2D eigenvalue weighted by molar-refractivity contribution is -0.142. The molecule has 2 rings (SSSR count). The largest absolute Gasteiger partial charge is 0.417 e. The van der Waals surface area contributed by atoms with Gasteiger partial charge in [-0.15, -0.1) is 0 Å². The number of benzene rings is 2. The molecule has 0 N–H and O–H groups in total. The van der Waals surface area contributed by atoms with E-state index in [1.807, 2.05) is 0 Å². The molecule has 0 saturated carbocycles. The van der Waals surface area contributed by atoms with Gasteiger partial charge in [-0.2, -0.15) is 26.3 Å². The van der Waals surface area contributed by atoms with Crippen LogP contribution in [0.5, 0.6) is 0 Å². The number of hydrogen-bond acceptors (Lipinski definition) is 1. The first-order chi connectivity index (χ1) is 10.1. The smallest absolute Gasteiger partial charge is 0.298 e. The maximum Gasteiger partial charge on any atom is 0.417 e. The highest BCUT2D eigenvalue weighted by molar-refractivity contribution is 5.78. The highest BCUT2D eigenvalue weighted by atomic mass is 19.4. The summed E-state index contributed by atoms with van der Waals surface area (Å²) in [6, 6.07) is 6.35. The van der Waals surface area contributed by atoms with Crippen LogP contribution in [0.2, 0.25) is 0 Å². The number of carbonyl (C=O) groups excluding carboxylic acids is 1. The average molecular weight is 318 g/mol. The van der Waals surface area contributed by atoms with Crippen LogP contribution in [-0.4, -0.2) is 6.29 Å². The fourth-order valence-corrected chi connectivity index (χ4v) is 2.06. The first-order valence-corrected chi connectivity index (χ1v) is 5.97. The molecule has 0 aliphatic heterocycles. The molecule has 0 heterocycles. The Balaban J connectivity index is 2.77. The van der Waals surface area contributed by atoms with Crippen molar-refractivity contribution in [3.05, 3.63) is 59.2 Å². The summed E-state index contributed by atoms with van der Waals surface area (Å²) in [7, 11) is 0. The van der Waals surface area contributed by atoms with Crippen molar-refractivity contribution in [1.29, 1.82) is 0 Å². The second-order valence-electron chi connectivity index (χ2n) is 4.46. The van der Waals surface area contributed by atoms with Crippen LogP contribution in [0.4, 0.5) is 26.3 Å². The molecule has 2 aromatic carbocycles. The van der Waals surface area contributed by atoms with E-state index in [-0.39, 0.29) is 11.1 Å². The van der Waals surface area contributed by atoms with E-state index in [0.29, 0.717) is 18.4 Å². The van der Waals surface area contributed by atoms with E-state index in [9.17, 15) is 31.1 Å². The fourth-order valence-electron chi connectivity index (χ4n) is 2.06. The van der Waals surface area contributed by atoms with Crippen LogP contribution < -0.4 is 0 Å². The lowest BCUT2D eigenvalue weighted by atomic mass is 9.93. The van der Waals surface area contributed by atoms with Gasteiger partial charge in [0.25, 0.3) is 0 Å². The number of carbonyl (C=O) groups is 1. The number of hydrogen-bond donors (Lipinski definition) is 0. The molecule has 0 aromatic heterocycles. The fraction of sp³-hybridized carbons (Fsp3) is 0.133. The van der Waals surface area contributed by atoms with Gasteiger partial charge in [0.1, 0.15) is 6.29 Å². The van der Waals surface area contributed by atoms with E-state index in [2.05, 4.69) is 0 Å². The minimum absolute atomic E-state index is 0.154. The molecule has 0 radical (unpaired) electrons. The maximum absolute atomic E-state index is 13.0. The topological polar surface area (TPSA) is 17.1 Å². The Morgan fingerprint density at radius 2 is 1.18 bits per heavy atom. The summed E-state index contributed by atoms with van der Waals surface area (Å²) in [5, 5.41) is 0. The Bertz CT molecular complexity index is 650. The van der Waals surface area contributed by atoms with Crippen molar-refractivity contribution in [2.45, 2.75) is 12.4 Å². The van der Waals surface area contributed by atoms with Gasteiger partial charge in [-0.1, -0.05) is 30.3 Å². The molecule has 0 amide bonds. The molecular formula is C15H8F6O. The second kappa shape index (κ2) is 5.47. The number of aldehydes is 1. The molecule has 0 spiro atoms. The molecule has 0 fully saturated rings. The van der Waals surface area contributed by atoms with Crippen LogP contribution in [0.15, 0.2) is 42.5 Å². The molecule has 0 aliphatic rings. The quantitative estimate of drug-likeness (QED) is 0.549. The summed E-state index contributed by atoms with van der Waals surface area (Å²) >= 11 is 0. The van der Waals surface area contributed by atoms with E-state index in [1.54, 1.807) is 0 Å². The van der Waals surface area contributed by atoms with Gasteiger partial charge in [-0.05, 0) is 17.7 Å². The summed E-state index contributed by atoms with van der Waals surface area (Å²) in [5.74, 6) is 0. The van der Waals surface area contributed by atoms with Crippen LogP contribution in [0.25, 0.3) is 11.1 Å². The molecule has 0 aliphatic carbocycles. The molecule has 1 nitrogen and oxygen atoms in total. The molecule has 0 unspecified atom stereocenters. The molecule has 2 aromatic rings. The third-order valence-electron chi connectivity index (χ3n) is 3.01. The Hall–Kier alpha value is -2.31. The van der Waals surface area contributed by atoms with Crippen LogP contribution in [0, 0.1) is 0 Å². The van der Waals surface area contributed by atoms with Crippen molar-refractivity contribution >= 4 is 6.29 Å². The highest BCUT2D eigenvalue weighted by Gasteiger charge is 2.40. The normalized spacial score (nSPS) is 12.3. The first-order valence-electron chi connectivity index (χ1n) is 5.97. The second-order valence-corrected chi connectivity index (χ2v) is 4.46. The highest BCUT2D eigenvalue weighted by Crippen LogP contribution is 2.44. The van der Waals surface area contributed by atoms with Crippen LogP contribution in [0.1, 0.15) is 21.5 Å². The first kappa shape index (κ1) is 16.1. The van der Waals surface area contributed by atoms with Crippen LogP contribution in [0.3, 0.4) is 0 Å². The van der Waals surface area contributed by atoms with Crippen molar-refractivity contribution in [2.24, 2.45) is 0 Å². The van der Waals surface area contributed by atoms with Crippen molar-refractivity contribution < 1.29 is 31.1 Å². The van der Waals surface area contributed by atoms with Gasteiger partial charge >= 0.3 is 12.4 Å². The summed E-state index contributed by atoms with van der Waals surface area (Å²) in [6.07, 6.45) is -9.41. The van der Waals surface area contributed by atoms with E-state index in [4.69, 9.17) is 0 Å². The Morgan fingerprint density at radius 3 is 1.55 bits per heavy atom. The standard InChI is InChI=1S/C15H8F6O/c16-14(17,18)11-2-1-3-12(15(19,20)21)13(11)10-6-4-9(8-22)5-7-10/h1-8H. The van der Waals surface area contributed by atoms with E-state index >= 15 is 0 Å². The van der Waals surface area contributed by atoms with Gasteiger partial charge in [0, 0.05) is 11.1 Å². The van der Waals surface area contributed by atoms with Crippen LogP contribution in [-0.2, 0) is 12.4 Å². The van der Waals surface area contributed by atoms with E-state index in [0.717, 1.165) is 30.3 Å². The third-order valence-corrected chi connectivity index (χ3v) is 3.01. The number of halogens is 6. The van der Waals surface area contributed by atoms with Gasteiger partial charge in [0.2, 0.25) is 0 Å². The van der Waals surface area contributed by atoms with Gasteiger partial charge in [-0.3, -0.25) is 4.79 Å². The summed E-state index contributed by atoms with van der Waals surface area (Å²) in [5.41, 5.74) is -3.80. The van der Waals surface area contributed by atoms with E-state index in [1.165, 1.54) is 0 Å². The molecular weight excluding hydrogens is 310 g/mol. The number of alkyl halides is 6. The van der Waals surface area contributed by atoms with Gasteiger partial charge < -0.3 is 0 Å². The Kier molecular flexibility index (Phi) is 4.00. The van der Waals surface area contributed by atoms with Crippen molar-refractivity contribution in [3.8, 4) is 11.1 Å². The SMILES string of the molecule is O=Cc1ccc(-c2c(C(F)(F)F)cccc2C(F)(F)F)cc1. The maximum atomic E-state index is 13.0. The predicted octanol–water partition coefficient (Wildman–Crippen LogP) is 5.20. The average Bonchev–Trinajstić information content (AvgIpc) is 2.45. The zero-order valence-electron chi connectivity index (χ0n) is 10.8. The molecule has 116 valence electrons. The minimum atomic E-state index is -4.93. The Labute approximate surface area is 121 Å². The summed E-state index contributed by atoms with van der Waals surface area (Å²) in [4.78, 5) is 10.5. The monoisotopic (exact) mass is 318 g/mol. The Morgan fingerprint density at radius 1 is 0.727 bits per heavy atom. The lowest BCUT2D eigenvalue weighted by Gasteiger charge is -2.19. The molecule has 7 heteroatoms. The minimum Gasteiger partial charge on any atom is -0.298 e. The van der Waals surface area contributed by atoms with Gasteiger partial charge in [0.05, 0.1) is 11.1 Å². The molecule has 0 saturated heterocycles. The number of rotatable bonds is 2. The zero-order valence-corrected chi connectivity index (χ0v) is 10.8. The molecule has 0 atom stereocenters. The zero-order chi connectivity index (χ0) is 16.5. The van der Waals surface area contributed by atoms with Crippen molar-refractivity contribution in [3.63, 3.8) is 0 Å². The van der Waals surface area contributed by atoms with Gasteiger partial charge in [0.15, 0.2) is 0 Å². The predicted molar refractivity (Wildman–Crippen MR) is 67.3 cm³/mol. The van der Waals surface area contributed by atoms with Gasteiger partial charge in [-0.25, -0.2) is 0 Å². The van der Waals surface area contributed by atoms with Crippen molar-refractivity contribution in [2.75, 3.05) is 0 Å². The third kappa shape index (κ3) is 3.13.